The van der Waals surface area contributed by atoms with Crippen LogP contribution in [0.5, 0.6) is 0 Å². The molecular weight excluding hydrogens is 345 g/mol. The van der Waals surface area contributed by atoms with E-state index in [2.05, 4.69) is 4.98 Å². The predicted molar refractivity (Wildman–Crippen MR) is 94.3 cm³/mol. The predicted octanol–water partition coefficient (Wildman–Crippen LogP) is 4.54. The smallest absolute Gasteiger partial charge is 0.184 e. The molecule has 1 heterocycles. The molecule has 0 atom stereocenters. The molecule has 0 fully saturated rings. The number of aryl methyl sites for hydroxylation is 2. The van der Waals surface area contributed by atoms with Crippen molar-refractivity contribution in [1.29, 1.82) is 0 Å². The molecule has 0 unspecified atom stereocenters. The lowest BCUT2D eigenvalue weighted by atomic mass is 10.1. The summed E-state index contributed by atoms with van der Waals surface area (Å²) in [6.07, 6.45) is 0. The van der Waals surface area contributed by atoms with Crippen molar-refractivity contribution in [2.24, 2.45) is 0 Å². The zero-order valence-electron chi connectivity index (χ0n) is 13.3. The van der Waals surface area contributed by atoms with Crippen LogP contribution in [-0.2, 0) is 15.6 Å². The summed E-state index contributed by atoms with van der Waals surface area (Å²) in [4.78, 5) is 5.43. The third-order valence-corrected chi connectivity index (χ3v) is 6.32. The van der Waals surface area contributed by atoms with Gasteiger partial charge in [0.05, 0.1) is 26.2 Å². The Hall–Kier alpha value is -2.05. The van der Waals surface area contributed by atoms with Gasteiger partial charge in [0.1, 0.15) is 5.82 Å². The Balaban J connectivity index is 1.98. The Morgan fingerprint density at radius 2 is 1.62 bits per heavy atom. The summed E-state index contributed by atoms with van der Waals surface area (Å²) in [6, 6.07) is 12.8. The summed E-state index contributed by atoms with van der Waals surface area (Å²) in [6.45, 7) is 3.74. The molecule has 3 rings (SSSR count). The SMILES string of the molecule is Cc1ccc(S(=O)(=O)Cc2nc(C)sc2-c2ccc(F)cc2)cc1. The van der Waals surface area contributed by atoms with Gasteiger partial charge in [-0.3, -0.25) is 0 Å². The van der Waals surface area contributed by atoms with Crippen LogP contribution in [0.25, 0.3) is 10.4 Å². The molecule has 0 saturated heterocycles. The molecule has 3 nitrogen and oxygen atoms in total. The topological polar surface area (TPSA) is 47.0 Å². The van der Waals surface area contributed by atoms with Gasteiger partial charge in [0, 0.05) is 0 Å². The van der Waals surface area contributed by atoms with Crippen molar-refractivity contribution in [2.45, 2.75) is 24.5 Å². The van der Waals surface area contributed by atoms with Gasteiger partial charge >= 0.3 is 0 Å². The number of nitrogens with zero attached hydrogens (tertiary/aromatic N) is 1. The van der Waals surface area contributed by atoms with Crippen molar-refractivity contribution in [3.8, 4) is 10.4 Å². The van der Waals surface area contributed by atoms with Gasteiger partial charge in [0.15, 0.2) is 9.84 Å². The minimum Gasteiger partial charge on any atom is -0.245 e. The Morgan fingerprint density at radius 1 is 1.00 bits per heavy atom. The van der Waals surface area contributed by atoms with Crippen LogP contribution in [0.4, 0.5) is 4.39 Å². The minimum absolute atomic E-state index is 0.174. The molecular formula is C18H16FNO2S2. The van der Waals surface area contributed by atoms with E-state index in [9.17, 15) is 12.8 Å². The number of thiazole rings is 1. The van der Waals surface area contributed by atoms with Crippen molar-refractivity contribution in [3.05, 3.63) is 70.6 Å². The van der Waals surface area contributed by atoms with E-state index in [0.717, 1.165) is 21.0 Å². The molecule has 6 heteroatoms. The molecule has 0 aliphatic rings. The standard InChI is InChI=1S/C18H16FNO2S2/c1-12-3-9-16(10-4-12)24(21,22)11-17-18(23-13(2)20-17)14-5-7-15(19)8-6-14/h3-10H,11H2,1-2H3. The molecule has 0 aliphatic carbocycles. The summed E-state index contributed by atoms with van der Waals surface area (Å²) >= 11 is 1.41. The number of hydrogen-bond acceptors (Lipinski definition) is 4. The molecule has 0 spiro atoms. The molecule has 1 aromatic heterocycles. The fourth-order valence-electron chi connectivity index (χ4n) is 2.40. The molecule has 0 saturated carbocycles. The molecule has 0 aliphatic heterocycles. The van der Waals surface area contributed by atoms with Crippen LogP contribution in [0, 0.1) is 19.7 Å². The van der Waals surface area contributed by atoms with Crippen molar-refractivity contribution >= 4 is 21.2 Å². The summed E-state index contributed by atoms with van der Waals surface area (Å²) in [5.41, 5.74) is 2.28. The fraction of sp³-hybridized carbons (Fsp3) is 0.167. The van der Waals surface area contributed by atoms with E-state index in [-0.39, 0.29) is 16.5 Å². The summed E-state index contributed by atoms with van der Waals surface area (Å²) in [5.74, 6) is -0.499. The second-order valence-electron chi connectivity index (χ2n) is 5.59. The highest BCUT2D eigenvalue weighted by molar-refractivity contribution is 7.90. The number of aromatic nitrogens is 1. The average Bonchev–Trinajstić information content (AvgIpc) is 2.88. The van der Waals surface area contributed by atoms with Gasteiger partial charge in [-0.1, -0.05) is 29.8 Å². The molecule has 0 N–H and O–H groups in total. The quantitative estimate of drug-likeness (QED) is 0.685. The van der Waals surface area contributed by atoms with E-state index in [1.54, 1.807) is 36.4 Å². The van der Waals surface area contributed by atoms with E-state index in [1.165, 1.54) is 23.5 Å². The summed E-state index contributed by atoms with van der Waals surface area (Å²) < 4.78 is 38.5. The van der Waals surface area contributed by atoms with Crippen LogP contribution < -0.4 is 0 Å². The molecule has 2 aromatic carbocycles. The van der Waals surface area contributed by atoms with Gasteiger partial charge in [-0.2, -0.15) is 0 Å². The third kappa shape index (κ3) is 3.55. The first kappa shape index (κ1) is 16.8. The summed E-state index contributed by atoms with van der Waals surface area (Å²) in [5, 5.41) is 0.781. The van der Waals surface area contributed by atoms with E-state index in [1.807, 2.05) is 13.8 Å². The first-order valence-corrected chi connectivity index (χ1v) is 9.84. The van der Waals surface area contributed by atoms with Crippen LogP contribution in [0.1, 0.15) is 16.3 Å². The maximum Gasteiger partial charge on any atom is 0.184 e. The van der Waals surface area contributed by atoms with E-state index in [0.29, 0.717) is 5.69 Å². The highest BCUT2D eigenvalue weighted by Gasteiger charge is 2.21. The number of benzene rings is 2. The molecule has 0 radical (unpaired) electrons. The van der Waals surface area contributed by atoms with Crippen molar-refractivity contribution in [3.63, 3.8) is 0 Å². The van der Waals surface area contributed by atoms with Crippen LogP contribution >= 0.6 is 11.3 Å². The Kier molecular flexibility index (Phi) is 4.51. The lowest BCUT2D eigenvalue weighted by molar-refractivity contribution is 0.594. The first-order valence-electron chi connectivity index (χ1n) is 7.37. The van der Waals surface area contributed by atoms with Gasteiger partial charge in [0.25, 0.3) is 0 Å². The second kappa shape index (κ2) is 6.45. The van der Waals surface area contributed by atoms with Gasteiger partial charge in [-0.15, -0.1) is 11.3 Å². The Bertz CT molecular complexity index is 959. The second-order valence-corrected chi connectivity index (χ2v) is 8.78. The Morgan fingerprint density at radius 3 is 2.25 bits per heavy atom. The normalized spacial score (nSPS) is 11.6. The zero-order valence-corrected chi connectivity index (χ0v) is 14.9. The molecule has 24 heavy (non-hydrogen) atoms. The van der Waals surface area contributed by atoms with Crippen LogP contribution in [-0.4, -0.2) is 13.4 Å². The maximum absolute atomic E-state index is 13.1. The van der Waals surface area contributed by atoms with Gasteiger partial charge in [-0.25, -0.2) is 17.8 Å². The lowest BCUT2D eigenvalue weighted by Gasteiger charge is -2.06. The van der Waals surface area contributed by atoms with Gasteiger partial charge in [-0.05, 0) is 43.7 Å². The molecule has 0 bridgehead atoms. The number of sulfone groups is 1. The Labute approximate surface area is 144 Å². The largest absolute Gasteiger partial charge is 0.245 e. The van der Waals surface area contributed by atoms with Crippen molar-refractivity contribution in [2.75, 3.05) is 0 Å². The number of rotatable bonds is 4. The monoisotopic (exact) mass is 361 g/mol. The molecule has 3 aromatic rings. The van der Waals surface area contributed by atoms with E-state index < -0.39 is 9.84 Å². The highest BCUT2D eigenvalue weighted by Crippen LogP contribution is 2.32. The van der Waals surface area contributed by atoms with Gasteiger partial charge in [0.2, 0.25) is 0 Å². The lowest BCUT2D eigenvalue weighted by Crippen LogP contribution is -2.06. The average molecular weight is 361 g/mol. The number of hydrogen-bond donors (Lipinski definition) is 0. The summed E-state index contributed by atoms with van der Waals surface area (Å²) in [7, 11) is -3.49. The molecule has 124 valence electrons. The van der Waals surface area contributed by atoms with Crippen LogP contribution in [0.15, 0.2) is 53.4 Å². The van der Waals surface area contributed by atoms with Crippen molar-refractivity contribution < 1.29 is 12.8 Å². The maximum atomic E-state index is 13.1. The minimum atomic E-state index is -3.49. The first-order chi connectivity index (χ1) is 11.3. The highest BCUT2D eigenvalue weighted by atomic mass is 32.2. The van der Waals surface area contributed by atoms with Crippen LogP contribution in [0.3, 0.4) is 0 Å². The fourth-order valence-corrected chi connectivity index (χ4v) is 4.72. The zero-order chi connectivity index (χ0) is 17.3. The molecule has 0 amide bonds. The van der Waals surface area contributed by atoms with Crippen LogP contribution in [0.2, 0.25) is 0 Å². The van der Waals surface area contributed by atoms with E-state index >= 15 is 0 Å². The van der Waals surface area contributed by atoms with E-state index in [4.69, 9.17) is 0 Å². The van der Waals surface area contributed by atoms with Crippen molar-refractivity contribution in [1.82, 2.24) is 4.98 Å². The van der Waals surface area contributed by atoms with Gasteiger partial charge < -0.3 is 0 Å². The number of halogens is 1. The third-order valence-electron chi connectivity index (χ3n) is 3.62.